The van der Waals surface area contributed by atoms with Gasteiger partial charge in [-0.3, -0.25) is 32.5 Å². The number of aliphatic hydroxyl groups is 2. The summed E-state index contributed by atoms with van der Waals surface area (Å²) in [7, 11) is -9.73. The maximum absolute atomic E-state index is 12.6. The number of ether oxygens (including phenoxy) is 4. The van der Waals surface area contributed by atoms with E-state index in [1.54, 1.807) is 6.92 Å². The Kier molecular flexibility index (Phi) is 33.5. The van der Waals surface area contributed by atoms with Crippen LogP contribution in [0, 0.1) is 0 Å². The molecule has 4 N–H and O–H groups in total. The minimum Gasteiger partial charge on any atom is -0.463 e. The highest BCUT2D eigenvalue weighted by Crippen LogP contribution is 2.45. The van der Waals surface area contributed by atoms with Crippen LogP contribution < -0.4 is 0 Å². The van der Waals surface area contributed by atoms with Gasteiger partial charge in [0.1, 0.15) is 25.4 Å². The molecule has 3 unspecified atom stereocenters. The van der Waals surface area contributed by atoms with Crippen LogP contribution in [0.4, 0.5) is 0 Å². The number of phosphoric acid groups is 2. The van der Waals surface area contributed by atoms with Crippen molar-refractivity contribution >= 4 is 33.6 Å². The summed E-state index contributed by atoms with van der Waals surface area (Å²) in [5.41, 5.74) is 0. The van der Waals surface area contributed by atoms with Gasteiger partial charge in [0.05, 0.1) is 26.4 Å². The molecule has 19 heteroatoms. The van der Waals surface area contributed by atoms with Gasteiger partial charge in [-0.05, 0) is 32.1 Å². The van der Waals surface area contributed by atoms with E-state index < -0.39 is 91.2 Å². The first kappa shape index (κ1) is 54.5. The van der Waals surface area contributed by atoms with Crippen molar-refractivity contribution in [2.75, 3.05) is 39.6 Å². The Balaban J connectivity index is 4.98. The summed E-state index contributed by atoms with van der Waals surface area (Å²) in [5.74, 6) is -1.65. The number of phosphoric ester groups is 2. The Morgan fingerprint density at radius 2 is 0.911 bits per heavy atom. The molecule has 0 radical (unpaired) electrons. The van der Waals surface area contributed by atoms with Crippen LogP contribution in [0.1, 0.15) is 156 Å². The van der Waals surface area contributed by atoms with Crippen molar-refractivity contribution in [1.82, 2.24) is 0 Å². The molecule has 0 saturated carbocycles. The monoisotopic (exact) mass is 850 g/mol. The van der Waals surface area contributed by atoms with E-state index in [1.165, 1.54) is 25.7 Å². The summed E-state index contributed by atoms with van der Waals surface area (Å²) < 4.78 is 65.7. The van der Waals surface area contributed by atoms with E-state index in [-0.39, 0.29) is 25.9 Å². The van der Waals surface area contributed by atoms with E-state index in [2.05, 4.69) is 13.8 Å². The maximum Gasteiger partial charge on any atom is 0.472 e. The van der Waals surface area contributed by atoms with E-state index in [0.29, 0.717) is 32.1 Å². The van der Waals surface area contributed by atoms with Gasteiger partial charge in [0, 0.05) is 19.3 Å². The zero-order valence-electron chi connectivity index (χ0n) is 34.2. The summed E-state index contributed by atoms with van der Waals surface area (Å²) in [4.78, 5) is 56.6. The van der Waals surface area contributed by atoms with Gasteiger partial charge in [-0.25, -0.2) is 9.13 Å². The fraction of sp³-hybridized carbons (Fsp3) is 0.919. The molecule has 332 valence electrons. The minimum atomic E-state index is -4.87. The number of carbonyl (C=O) groups excluding carboxylic acids is 3. The zero-order valence-corrected chi connectivity index (χ0v) is 36.0. The molecule has 0 aliphatic rings. The molecule has 17 nitrogen and oxygen atoms in total. The van der Waals surface area contributed by atoms with E-state index in [1.807, 2.05) is 6.92 Å². The second-order valence-corrected chi connectivity index (χ2v) is 16.7. The Hall–Kier alpha value is -1.49. The van der Waals surface area contributed by atoms with Crippen LogP contribution in [-0.2, 0) is 60.6 Å². The van der Waals surface area contributed by atoms with Crippen LogP contribution in [0.2, 0.25) is 0 Å². The van der Waals surface area contributed by atoms with E-state index in [9.17, 15) is 43.5 Å². The lowest BCUT2D eigenvalue weighted by Crippen LogP contribution is -2.31. The Labute approximate surface area is 334 Å². The van der Waals surface area contributed by atoms with Crippen molar-refractivity contribution in [2.45, 2.75) is 181 Å². The molecule has 0 aliphatic carbocycles. The van der Waals surface area contributed by atoms with Crippen molar-refractivity contribution < 1.29 is 80.6 Å². The van der Waals surface area contributed by atoms with Crippen LogP contribution in [-0.4, -0.2) is 102 Å². The number of rotatable bonds is 39. The Bertz CT molecular complexity index is 1110. The Morgan fingerprint density at radius 1 is 0.482 bits per heavy atom. The summed E-state index contributed by atoms with van der Waals surface area (Å²) in [6, 6.07) is 0. The average Bonchev–Trinajstić information content (AvgIpc) is 3.15. The van der Waals surface area contributed by atoms with Gasteiger partial charge in [0.25, 0.3) is 0 Å². The smallest absolute Gasteiger partial charge is 0.463 e. The highest BCUT2D eigenvalue weighted by atomic mass is 31.2. The van der Waals surface area contributed by atoms with Gasteiger partial charge in [-0.1, -0.05) is 105 Å². The lowest BCUT2D eigenvalue weighted by Gasteiger charge is -2.23. The molecule has 0 spiro atoms. The van der Waals surface area contributed by atoms with E-state index >= 15 is 0 Å². The van der Waals surface area contributed by atoms with Crippen molar-refractivity contribution in [1.29, 1.82) is 0 Å². The fourth-order valence-electron chi connectivity index (χ4n) is 4.98. The molecule has 6 atom stereocenters. The summed E-state index contributed by atoms with van der Waals surface area (Å²) in [6.45, 7) is 4.07. The van der Waals surface area contributed by atoms with Gasteiger partial charge in [0.15, 0.2) is 12.4 Å². The molecule has 0 heterocycles. The van der Waals surface area contributed by atoms with Crippen molar-refractivity contribution in [2.24, 2.45) is 0 Å². The van der Waals surface area contributed by atoms with Crippen molar-refractivity contribution in [3.63, 3.8) is 0 Å². The topological polar surface area (TPSA) is 240 Å². The predicted molar refractivity (Wildman–Crippen MR) is 207 cm³/mol. The van der Waals surface area contributed by atoms with Gasteiger partial charge >= 0.3 is 33.6 Å². The van der Waals surface area contributed by atoms with Gasteiger partial charge in [0.2, 0.25) is 0 Å². The molecule has 56 heavy (non-hydrogen) atoms. The zero-order chi connectivity index (χ0) is 42.1. The number of esters is 3. The lowest BCUT2D eigenvalue weighted by atomic mass is 10.1. The van der Waals surface area contributed by atoms with Crippen LogP contribution in [0.25, 0.3) is 0 Å². The Morgan fingerprint density at radius 3 is 1.45 bits per heavy atom. The highest BCUT2D eigenvalue weighted by molar-refractivity contribution is 7.47. The van der Waals surface area contributed by atoms with Crippen LogP contribution in [0.3, 0.4) is 0 Å². The highest BCUT2D eigenvalue weighted by Gasteiger charge is 2.30. The molecule has 0 aromatic carbocycles. The van der Waals surface area contributed by atoms with E-state index in [0.717, 1.165) is 51.4 Å². The molecule has 0 fully saturated rings. The van der Waals surface area contributed by atoms with E-state index in [4.69, 9.17) is 37.0 Å². The first-order valence-electron chi connectivity index (χ1n) is 20.4. The number of hydrogen-bond acceptors (Lipinski definition) is 15. The molecule has 0 aliphatic heterocycles. The fourth-order valence-corrected chi connectivity index (χ4v) is 6.56. The molecule has 0 amide bonds. The number of hydrogen-bond donors (Lipinski definition) is 4. The SMILES string of the molecule is CCCCCCCCCCC(=O)OC[C@H](COP(=O)(O)OC[C@@H](O)COP(=O)(O)OC[C@@H](COC(=O)CCC)OC(=O)CCCC)OC(O)CCCCCCC. The molecule has 0 aromatic rings. The minimum absolute atomic E-state index is 0.0789. The van der Waals surface area contributed by atoms with Crippen LogP contribution in [0.15, 0.2) is 0 Å². The summed E-state index contributed by atoms with van der Waals surface area (Å²) >= 11 is 0. The van der Waals surface area contributed by atoms with Crippen molar-refractivity contribution in [3.8, 4) is 0 Å². The maximum atomic E-state index is 12.6. The molecule has 0 aromatic heterocycles. The standard InChI is InChI=1S/C37H72O17P2/c1-5-9-12-14-15-16-18-19-23-35(40)48-28-33(54-37(42)24-20-17-13-10-6-2)30-52-56(45,46)50-26-31(38)25-49-55(43,44)51-29-32(27-47-34(39)21-8-4)53-36(41)22-11-7-3/h31-33,37-38,42H,5-30H2,1-4H3,(H,43,44)(H,45,46)/t31-,32+,33+,37?/m0/s1. The molecular formula is C37H72O17P2. The third kappa shape index (κ3) is 33.5. The van der Waals surface area contributed by atoms with Crippen molar-refractivity contribution in [3.05, 3.63) is 0 Å². The normalized spacial score (nSPS) is 15.9. The van der Waals surface area contributed by atoms with Gasteiger partial charge in [-0.2, -0.15) is 0 Å². The molecular weight excluding hydrogens is 778 g/mol. The molecule has 0 rings (SSSR count). The average molecular weight is 851 g/mol. The summed E-state index contributed by atoms with van der Waals surface area (Å²) in [6.07, 6.45) is 10.4. The van der Waals surface area contributed by atoms with Crippen LogP contribution >= 0.6 is 15.6 Å². The van der Waals surface area contributed by atoms with Gasteiger partial charge < -0.3 is 38.9 Å². The first-order chi connectivity index (χ1) is 26.7. The summed E-state index contributed by atoms with van der Waals surface area (Å²) in [5, 5.41) is 20.6. The molecule has 0 saturated heterocycles. The number of carbonyl (C=O) groups is 3. The lowest BCUT2D eigenvalue weighted by molar-refractivity contribution is -0.174. The number of aliphatic hydroxyl groups excluding tert-OH is 2. The third-order valence-corrected chi connectivity index (χ3v) is 10.1. The van der Waals surface area contributed by atoms with Gasteiger partial charge in [-0.15, -0.1) is 0 Å². The quantitative estimate of drug-likeness (QED) is 0.0157. The first-order valence-corrected chi connectivity index (χ1v) is 23.4. The predicted octanol–water partition coefficient (Wildman–Crippen LogP) is 7.20. The second-order valence-electron chi connectivity index (χ2n) is 13.7. The third-order valence-electron chi connectivity index (χ3n) is 8.19. The molecule has 0 bridgehead atoms. The van der Waals surface area contributed by atoms with Crippen LogP contribution in [0.5, 0.6) is 0 Å². The second kappa shape index (κ2) is 34.4. The largest absolute Gasteiger partial charge is 0.472 e. The number of unbranched alkanes of at least 4 members (excludes halogenated alkanes) is 12.